The van der Waals surface area contributed by atoms with Crippen LogP contribution in [-0.4, -0.2) is 23.9 Å². The van der Waals surface area contributed by atoms with Gasteiger partial charge >= 0.3 is 5.97 Å². The number of nitro groups is 1. The van der Waals surface area contributed by atoms with Crippen LogP contribution in [0.2, 0.25) is 0 Å². The molecule has 0 saturated heterocycles. The summed E-state index contributed by atoms with van der Waals surface area (Å²) in [6, 6.07) is 11.1. The highest BCUT2D eigenvalue weighted by molar-refractivity contribution is 9.10. The number of hydrogen-bond acceptors (Lipinski definition) is 6. The van der Waals surface area contributed by atoms with E-state index in [1.54, 1.807) is 24.3 Å². The number of benzene rings is 2. The highest BCUT2D eigenvalue weighted by atomic mass is 79.9. The van der Waals surface area contributed by atoms with E-state index in [1.807, 2.05) is 0 Å². The average molecular weight is 403 g/mol. The van der Waals surface area contributed by atoms with Crippen molar-refractivity contribution in [1.29, 1.82) is 0 Å². The van der Waals surface area contributed by atoms with Gasteiger partial charge in [0.1, 0.15) is 5.75 Å². The lowest BCUT2D eigenvalue weighted by Gasteiger charge is -2.07. The predicted octanol–water partition coefficient (Wildman–Crippen LogP) is 3.71. The van der Waals surface area contributed by atoms with Crippen molar-refractivity contribution in [2.45, 2.75) is 0 Å². The van der Waals surface area contributed by atoms with E-state index in [2.05, 4.69) is 20.9 Å². The summed E-state index contributed by atoms with van der Waals surface area (Å²) in [6.45, 7) is 0. The molecule has 0 aliphatic carbocycles. The maximum atomic E-state index is 12.1. The van der Waals surface area contributed by atoms with E-state index in [9.17, 15) is 14.9 Å². The first-order chi connectivity index (χ1) is 12.0. The minimum Gasteiger partial charge on any atom is -0.496 e. The Morgan fingerprint density at radius 3 is 2.80 bits per heavy atom. The summed E-state index contributed by atoms with van der Waals surface area (Å²) in [5.41, 5.74) is 0.983. The largest absolute Gasteiger partial charge is 0.496 e. The summed E-state index contributed by atoms with van der Waals surface area (Å²) in [7, 11) is 1.50. The summed E-state index contributed by atoms with van der Waals surface area (Å²) in [5, 5.41) is 10.8. The van der Waals surface area contributed by atoms with Gasteiger partial charge in [-0.1, -0.05) is 28.1 Å². The zero-order valence-corrected chi connectivity index (χ0v) is 14.5. The van der Waals surface area contributed by atoms with Crippen LogP contribution in [-0.2, 0) is 9.53 Å². The highest BCUT2D eigenvalue weighted by Gasteiger charge is 2.26. The van der Waals surface area contributed by atoms with Crippen LogP contribution >= 0.6 is 15.9 Å². The second-order valence-electron chi connectivity index (χ2n) is 5.03. The lowest BCUT2D eigenvalue weighted by Crippen LogP contribution is -2.07. The molecule has 25 heavy (non-hydrogen) atoms. The third kappa shape index (κ3) is 3.58. The Labute approximate surface area is 150 Å². The van der Waals surface area contributed by atoms with Gasteiger partial charge in [0.2, 0.25) is 5.90 Å². The van der Waals surface area contributed by atoms with Gasteiger partial charge in [-0.15, -0.1) is 0 Å². The number of cyclic esters (lactones) is 1. The van der Waals surface area contributed by atoms with Crippen molar-refractivity contribution in [2.75, 3.05) is 7.11 Å². The smallest absolute Gasteiger partial charge is 0.363 e. The molecule has 0 aromatic heterocycles. The molecule has 126 valence electrons. The number of ether oxygens (including phenoxy) is 2. The Bertz CT molecular complexity index is 936. The van der Waals surface area contributed by atoms with Crippen molar-refractivity contribution >= 4 is 39.6 Å². The molecule has 0 fully saturated rings. The molecule has 0 spiro atoms. The Balaban J connectivity index is 1.99. The van der Waals surface area contributed by atoms with Crippen LogP contribution in [0.25, 0.3) is 6.08 Å². The average Bonchev–Trinajstić information content (AvgIpc) is 2.95. The third-order valence-electron chi connectivity index (χ3n) is 3.40. The van der Waals surface area contributed by atoms with E-state index in [1.165, 1.54) is 31.4 Å². The Morgan fingerprint density at radius 1 is 1.28 bits per heavy atom. The molecule has 1 aliphatic heterocycles. The van der Waals surface area contributed by atoms with Gasteiger partial charge in [-0.2, -0.15) is 0 Å². The van der Waals surface area contributed by atoms with Crippen molar-refractivity contribution in [3.05, 3.63) is 73.9 Å². The van der Waals surface area contributed by atoms with Crippen molar-refractivity contribution in [3.8, 4) is 5.75 Å². The highest BCUT2D eigenvalue weighted by Crippen LogP contribution is 2.28. The number of hydrogen-bond donors (Lipinski definition) is 0. The minimum absolute atomic E-state index is 0.0533. The van der Waals surface area contributed by atoms with Crippen LogP contribution < -0.4 is 4.74 Å². The molecule has 8 heteroatoms. The van der Waals surface area contributed by atoms with Crippen molar-refractivity contribution in [1.82, 2.24) is 0 Å². The number of aliphatic imine (C=N–C) groups is 1. The number of carbonyl (C=O) groups excluding carboxylic acids is 1. The molecule has 0 unspecified atom stereocenters. The summed E-state index contributed by atoms with van der Waals surface area (Å²) >= 11 is 3.35. The topological polar surface area (TPSA) is 91.0 Å². The first-order valence-electron chi connectivity index (χ1n) is 7.09. The Hall–Kier alpha value is -3.00. The van der Waals surface area contributed by atoms with E-state index in [4.69, 9.17) is 9.47 Å². The van der Waals surface area contributed by atoms with Gasteiger partial charge in [0.15, 0.2) is 5.70 Å². The summed E-state index contributed by atoms with van der Waals surface area (Å²) in [6.07, 6.45) is 1.44. The van der Waals surface area contributed by atoms with Crippen LogP contribution in [0.4, 0.5) is 5.69 Å². The maximum absolute atomic E-state index is 12.1. The number of non-ortho nitro benzene ring substituents is 1. The van der Waals surface area contributed by atoms with Crippen LogP contribution in [0.5, 0.6) is 5.75 Å². The molecule has 0 amide bonds. The van der Waals surface area contributed by atoms with Gasteiger partial charge < -0.3 is 9.47 Å². The maximum Gasteiger partial charge on any atom is 0.363 e. The summed E-state index contributed by atoms with van der Waals surface area (Å²) in [4.78, 5) is 26.6. The number of halogens is 1. The lowest BCUT2D eigenvalue weighted by molar-refractivity contribution is -0.384. The molecule has 3 rings (SSSR count). The van der Waals surface area contributed by atoms with Gasteiger partial charge in [0.05, 0.1) is 17.6 Å². The lowest BCUT2D eigenvalue weighted by atomic mass is 10.1. The molecule has 7 nitrogen and oxygen atoms in total. The quantitative estimate of drug-likeness (QED) is 0.336. The van der Waals surface area contributed by atoms with Gasteiger partial charge in [0.25, 0.3) is 5.69 Å². The molecule has 0 atom stereocenters. The van der Waals surface area contributed by atoms with Crippen LogP contribution in [0.1, 0.15) is 11.1 Å². The summed E-state index contributed by atoms with van der Waals surface area (Å²) < 4.78 is 11.2. The van der Waals surface area contributed by atoms with E-state index >= 15 is 0 Å². The second kappa shape index (κ2) is 6.86. The van der Waals surface area contributed by atoms with Crippen LogP contribution in [0.3, 0.4) is 0 Å². The van der Waals surface area contributed by atoms with Gasteiger partial charge in [-0.05, 0) is 29.8 Å². The minimum atomic E-state index is -0.636. The van der Waals surface area contributed by atoms with E-state index in [0.717, 1.165) is 4.47 Å². The molecule has 1 aliphatic rings. The number of rotatable bonds is 4. The molecule has 2 aromatic rings. The molecular weight excluding hydrogens is 392 g/mol. The fourth-order valence-electron chi connectivity index (χ4n) is 2.26. The Kier molecular flexibility index (Phi) is 4.62. The van der Waals surface area contributed by atoms with Gasteiger partial charge in [-0.3, -0.25) is 10.1 Å². The molecule has 0 bridgehead atoms. The standard InChI is InChI=1S/C17H11BrN2O5/c1-24-15-6-5-11(18)9-13(15)16-19-14(17(21)25-16)8-10-3-2-4-12(7-10)20(22)23/h2-9H,1H3/b14-8+. The molecule has 0 saturated carbocycles. The number of esters is 1. The monoisotopic (exact) mass is 402 g/mol. The van der Waals surface area contributed by atoms with Crippen molar-refractivity contribution in [2.24, 2.45) is 4.99 Å². The molecule has 0 N–H and O–H groups in total. The van der Waals surface area contributed by atoms with Gasteiger partial charge in [-0.25, -0.2) is 9.79 Å². The van der Waals surface area contributed by atoms with Crippen LogP contribution in [0.15, 0.2) is 57.6 Å². The van der Waals surface area contributed by atoms with Crippen molar-refractivity contribution in [3.63, 3.8) is 0 Å². The predicted molar refractivity (Wildman–Crippen MR) is 94.4 cm³/mol. The number of carbonyl (C=O) groups is 1. The van der Waals surface area contributed by atoms with Gasteiger partial charge in [0, 0.05) is 16.6 Å². The fraction of sp³-hybridized carbons (Fsp3) is 0.0588. The number of nitrogens with zero attached hydrogens (tertiary/aromatic N) is 2. The van der Waals surface area contributed by atoms with Crippen molar-refractivity contribution < 1.29 is 19.2 Å². The SMILES string of the molecule is COc1ccc(Br)cc1C1=N/C(=C/c2cccc([N+](=O)[O-])c2)C(=O)O1. The Morgan fingerprint density at radius 2 is 2.08 bits per heavy atom. The fourth-order valence-corrected chi connectivity index (χ4v) is 2.62. The first-order valence-corrected chi connectivity index (χ1v) is 7.88. The molecular formula is C17H11BrN2O5. The molecule has 1 heterocycles. The zero-order chi connectivity index (χ0) is 18.0. The molecule has 0 radical (unpaired) electrons. The number of nitro benzene ring substituents is 1. The third-order valence-corrected chi connectivity index (χ3v) is 3.89. The summed E-state index contributed by atoms with van der Waals surface area (Å²) in [5.74, 6) is -0.0188. The normalized spacial score (nSPS) is 15.0. The zero-order valence-electron chi connectivity index (χ0n) is 12.9. The van der Waals surface area contributed by atoms with E-state index in [-0.39, 0.29) is 17.3 Å². The van der Waals surface area contributed by atoms with E-state index in [0.29, 0.717) is 16.9 Å². The van der Waals surface area contributed by atoms with Crippen LogP contribution in [0, 0.1) is 10.1 Å². The first kappa shape index (κ1) is 16.8. The van der Waals surface area contributed by atoms with E-state index < -0.39 is 10.9 Å². The molecule has 2 aromatic carbocycles. The number of methoxy groups -OCH3 is 1. The second-order valence-corrected chi connectivity index (χ2v) is 5.95.